The van der Waals surface area contributed by atoms with Gasteiger partial charge in [0.05, 0.1) is 24.8 Å². The molecule has 1 rings (SSSR count). The number of nitrogen functional groups attached to an aromatic ring is 1. The Morgan fingerprint density at radius 2 is 2.07 bits per heavy atom. The van der Waals surface area contributed by atoms with Gasteiger partial charge < -0.3 is 15.7 Å². The second kappa shape index (κ2) is 7.34. The summed E-state index contributed by atoms with van der Waals surface area (Å²) in [7, 11) is 1.51. The molecule has 0 aliphatic heterocycles. The Kier molecular flexibility index (Phi) is 7.37. The van der Waals surface area contributed by atoms with Gasteiger partial charge in [-0.1, -0.05) is 0 Å². The van der Waals surface area contributed by atoms with E-state index in [2.05, 4.69) is 9.37 Å². The van der Waals surface area contributed by atoms with Crippen molar-refractivity contribution < 1.29 is 48.9 Å². The molecule has 0 aliphatic rings. The predicted molar refractivity (Wildman–Crippen MR) is 50.2 cm³/mol. The molecule has 0 unspecified atom stereocenters. The van der Waals surface area contributed by atoms with Crippen molar-refractivity contribution in [1.82, 2.24) is 0 Å². The number of ether oxygens (including phenoxy) is 1. The summed E-state index contributed by atoms with van der Waals surface area (Å²) in [6.45, 7) is 1.84. The van der Waals surface area contributed by atoms with E-state index in [0.717, 1.165) is 17.6 Å². The van der Waals surface area contributed by atoms with Crippen molar-refractivity contribution in [3.63, 3.8) is 0 Å². The molecule has 15 heavy (non-hydrogen) atoms. The van der Waals surface area contributed by atoms with E-state index in [1.807, 2.05) is 6.92 Å². The zero-order valence-electron chi connectivity index (χ0n) is 8.77. The largest absolute Gasteiger partial charge is 1.00 e. The number of methoxy groups -OCH3 is 1. The van der Waals surface area contributed by atoms with Gasteiger partial charge in [0.2, 0.25) is 0 Å². The van der Waals surface area contributed by atoms with Crippen molar-refractivity contribution in [2.24, 2.45) is 0 Å². The van der Waals surface area contributed by atoms with Crippen LogP contribution in [0.2, 0.25) is 0 Å². The van der Waals surface area contributed by atoms with Crippen LogP contribution in [0.25, 0.3) is 0 Å². The van der Waals surface area contributed by atoms with Gasteiger partial charge in [0.1, 0.15) is 5.75 Å². The maximum Gasteiger partial charge on any atom is 1.00 e. The van der Waals surface area contributed by atoms with Crippen molar-refractivity contribution in [2.75, 3.05) is 12.8 Å². The molecule has 0 heterocycles. The fourth-order valence-corrected chi connectivity index (χ4v) is 1.46. The summed E-state index contributed by atoms with van der Waals surface area (Å²) in [6.07, 6.45) is 0. The number of hydrogen-bond donors (Lipinski definition) is 1. The van der Waals surface area contributed by atoms with Crippen LogP contribution in [-0.4, -0.2) is 7.11 Å². The number of benzene rings is 1. The van der Waals surface area contributed by atoms with Gasteiger partial charge in [0, 0.05) is 4.90 Å². The molecule has 1 aromatic rings. The van der Waals surface area contributed by atoms with E-state index in [9.17, 15) is 5.26 Å². The smallest absolute Gasteiger partial charge is 0.691 e. The van der Waals surface area contributed by atoms with Gasteiger partial charge in [-0.3, -0.25) is 5.04 Å². The van der Waals surface area contributed by atoms with Crippen LogP contribution in [0, 0.1) is 6.92 Å². The zero-order chi connectivity index (χ0) is 10.6. The van der Waals surface area contributed by atoms with Crippen molar-refractivity contribution in [3.8, 4) is 5.75 Å². The first-order valence-electron chi connectivity index (χ1n) is 3.76. The second-order valence-corrected chi connectivity index (χ2v) is 3.32. The Bertz CT molecular complexity index is 324. The number of anilines is 1. The standard InChI is InChI=1S/C8H11NO4S.Na/c1-5-3-6(9)7(11-2)4-8(5)14-13-12-10;/h3-4,10H,9H2,1-2H3;/q;+1/p-1. The summed E-state index contributed by atoms with van der Waals surface area (Å²) in [6, 6.07) is 3.41. The molecule has 0 spiro atoms. The summed E-state index contributed by atoms with van der Waals surface area (Å²) in [5.41, 5.74) is 7.08. The van der Waals surface area contributed by atoms with Crippen LogP contribution in [0.15, 0.2) is 17.0 Å². The fourth-order valence-electron chi connectivity index (χ4n) is 1.01. The molecule has 0 aromatic heterocycles. The van der Waals surface area contributed by atoms with E-state index in [-0.39, 0.29) is 29.6 Å². The summed E-state index contributed by atoms with van der Waals surface area (Å²) < 4.78 is 9.21. The van der Waals surface area contributed by atoms with Crippen LogP contribution in [0.3, 0.4) is 0 Å². The number of nitrogens with two attached hydrogens (primary N) is 1. The second-order valence-electron chi connectivity index (χ2n) is 2.58. The number of hydrogen-bond acceptors (Lipinski definition) is 6. The Balaban J connectivity index is 0.00000196. The molecule has 2 N–H and O–H groups in total. The van der Waals surface area contributed by atoms with Gasteiger partial charge in [-0.25, -0.2) is 0 Å². The van der Waals surface area contributed by atoms with Gasteiger partial charge in [-0.05, 0) is 24.6 Å². The van der Waals surface area contributed by atoms with E-state index in [0.29, 0.717) is 16.3 Å². The Labute approximate surface area is 114 Å². The van der Waals surface area contributed by atoms with Gasteiger partial charge in [0.25, 0.3) is 0 Å². The molecule has 0 atom stereocenters. The summed E-state index contributed by atoms with van der Waals surface area (Å²) in [5.74, 6) is 0.535. The fraction of sp³-hybridized carbons (Fsp3) is 0.250. The van der Waals surface area contributed by atoms with Crippen LogP contribution in [-0.2, 0) is 9.37 Å². The van der Waals surface area contributed by atoms with E-state index in [4.69, 9.17) is 10.5 Å². The van der Waals surface area contributed by atoms with Crippen LogP contribution in [0.5, 0.6) is 5.75 Å². The maximum absolute atomic E-state index is 9.64. The maximum atomic E-state index is 9.64. The topological polar surface area (TPSA) is 76.8 Å². The van der Waals surface area contributed by atoms with Crippen LogP contribution >= 0.6 is 12.0 Å². The van der Waals surface area contributed by atoms with Crippen molar-refractivity contribution >= 4 is 17.7 Å². The Morgan fingerprint density at radius 3 is 2.60 bits per heavy atom. The molecule has 1 aromatic carbocycles. The van der Waals surface area contributed by atoms with Crippen molar-refractivity contribution in [2.45, 2.75) is 11.8 Å². The molecular weight excluding hydrogens is 229 g/mol. The van der Waals surface area contributed by atoms with Gasteiger partial charge in [0.15, 0.2) is 0 Å². The molecule has 78 valence electrons. The van der Waals surface area contributed by atoms with Crippen molar-refractivity contribution in [1.29, 1.82) is 0 Å². The van der Waals surface area contributed by atoms with Gasteiger partial charge in [-0.2, -0.15) is 4.33 Å². The third-order valence-corrected chi connectivity index (χ3v) is 2.42. The molecule has 0 bridgehead atoms. The first kappa shape index (κ1) is 15.0. The van der Waals surface area contributed by atoms with Gasteiger partial charge >= 0.3 is 29.6 Å². The minimum Gasteiger partial charge on any atom is -0.691 e. The summed E-state index contributed by atoms with van der Waals surface area (Å²) in [4.78, 5) is 0.715. The van der Waals surface area contributed by atoms with Crippen molar-refractivity contribution in [3.05, 3.63) is 17.7 Å². The third kappa shape index (κ3) is 4.20. The molecule has 0 fully saturated rings. The monoisotopic (exact) mass is 239 g/mol. The van der Waals surface area contributed by atoms with E-state index >= 15 is 0 Å². The quantitative estimate of drug-likeness (QED) is 0.212. The zero-order valence-corrected chi connectivity index (χ0v) is 11.6. The Hall–Kier alpha value is 0.0500. The molecule has 5 nitrogen and oxygen atoms in total. The first-order chi connectivity index (χ1) is 6.69. The molecule has 0 saturated heterocycles. The average Bonchev–Trinajstić information content (AvgIpc) is 2.17. The van der Waals surface area contributed by atoms with E-state index in [1.165, 1.54) is 7.11 Å². The molecule has 7 heteroatoms. The average molecular weight is 239 g/mol. The van der Waals surface area contributed by atoms with Crippen LogP contribution < -0.4 is 45.3 Å². The minimum atomic E-state index is 0. The molecular formula is C8H10NNaO4S. The van der Waals surface area contributed by atoms with E-state index in [1.54, 1.807) is 12.1 Å². The van der Waals surface area contributed by atoms with Gasteiger partial charge in [-0.15, -0.1) is 0 Å². The number of aryl methyl sites for hydroxylation is 1. The minimum absolute atomic E-state index is 0. The molecule has 0 saturated carbocycles. The van der Waals surface area contributed by atoms with Crippen LogP contribution in [0.4, 0.5) is 5.69 Å². The summed E-state index contributed by atoms with van der Waals surface area (Å²) >= 11 is 0.815. The summed E-state index contributed by atoms with van der Waals surface area (Å²) in [5, 5.41) is 12.9. The van der Waals surface area contributed by atoms with Crippen LogP contribution in [0.1, 0.15) is 5.56 Å². The number of rotatable bonds is 4. The Morgan fingerprint density at radius 1 is 1.40 bits per heavy atom. The normalized spacial score (nSPS) is 9.53. The molecule has 0 radical (unpaired) electrons. The third-order valence-electron chi connectivity index (χ3n) is 1.68. The molecule has 0 amide bonds. The predicted octanol–water partition coefficient (Wildman–Crippen LogP) is -2.18. The SMILES string of the molecule is COc1cc(SOO[O-])c(C)cc1N.[Na+]. The first-order valence-corrected chi connectivity index (χ1v) is 4.50. The van der Waals surface area contributed by atoms with E-state index < -0.39 is 0 Å². The molecule has 0 aliphatic carbocycles.